The maximum Gasteiger partial charge on any atom is 0.321 e. The molecule has 0 radical (unpaired) electrons. The first-order chi connectivity index (χ1) is 6.90. The number of hydrogen-bond acceptors (Lipinski definition) is 3. The van der Waals surface area contributed by atoms with Gasteiger partial charge in [0.2, 0.25) is 0 Å². The summed E-state index contributed by atoms with van der Waals surface area (Å²) in [7, 11) is 0. The number of hydrogen-bond donors (Lipinski definition) is 2. The summed E-state index contributed by atoms with van der Waals surface area (Å²) >= 11 is 3.26. The van der Waals surface area contributed by atoms with E-state index in [1.807, 2.05) is 19.9 Å². The summed E-state index contributed by atoms with van der Waals surface area (Å²) in [6.07, 6.45) is 0.389. The van der Waals surface area contributed by atoms with Crippen LogP contribution in [0.2, 0.25) is 0 Å². The minimum atomic E-state index is -0.846. The molecule has 2 N–H and O–H groups in total. The third-order valence-corrected chi connectivity index (χ3v) is 3.07. The van der Waals surface area contributed by atoms with Gasteiger partial charge in [0.1, 0.15) is 11.8 Å². The van der Waals surface area contributed by atoms with Crippen LogP contribution in [0, 0.1) is 0 Å². The number of fused-ring (bicyclic) bond motifs is 1. The van der Waals surface area contributed by atoms with Crippen molar-refractivity contribution in [2.24, 2.45) is 0 Å². The maximum absolute atomic E-state index is 10.9. The Balaban J connectivity index is 2.43. The Labute approximate surface area is 95.8 Å². The Bertz CT molecular complexity index is 411. The molecule has 0 bridgehead atoms. The van der Waals surface area contributed by atoms with Crippen LogP contribution in [0.1, 0.15) is 25.2 Å². The van der Waals surface area contributed by atoms with E-state index >= 15 is 0 Å². The zero-order valence-corrected chi connectivity index (χ0v) is 10.1. The fourth-order valence-corrected chi connectivity index (χ4v) is 2.40. The minimum absolute atomic E-state index is 0.369. The number of aliphatic carboxylic acids is 1. The van der Waals surface area contributed by atoms with Gasteiger partial charge in [-0.1, -0.05) is 0 Å². The molecule has 0 amide bonds. The molecule has 1 atom stereocenters. The molecule has 4 nitrogen and oxygen atoms in total. The third kappa shape index (κ3) is 1.81. The molecule has 1 unspecified atom stereocenters. The molecule has 2 rings (SSSR count). The van der Waals surface area contributed by atoms with E-state index in [0.29, 0.717) is 11.1 Å². The highest BCUT2D eigenvalue weighted by atomic mass is 79.9. The van der Waals surface area contributed by atoms with E-state index in [-0.39, 0.29) is 5.54 Å². The van der Waals surface area contributed by atoms with Crippen LogP contribution in [0.25, 0.3) is 0 Å². The first kappa shape index (κ1) is 10.7. The Morgan fingerprint density at radius 2 is 2.40 bits per heavy atom. The smallest absolute Gasteiger partial charge is 0.321 e. The molecule has 15 heavy (non-hydrogen) atoms. The molecule has 82 valence electrons. The summed E-state index contributed by atoms with van der Waals surface area (Å²) in [5.74, 6) is -0.0979. The molecule has 0 aliphatic carbocycles. The van der Waals surface area contributed by atoms with E-state index < -0.39 is 12.0 Å². The van der Waals surface area contributed by atoms with Gasteiger partial charge in [-0.05, 0) is 35.8 Å². The fourth-order valence-electron chi connectivity index (χ4n) is 1.98. The van der Waals surface area contributed by atoms with Crippen molar-refractivity contribution in [3.63, 3.8) is 0 Å². The SMILES string of the molecule is CC1(C)NC(C(=O)O)Cc2oc(Br)cc21. The van der Waals surface area contributed by atoms with E-state index in [2.05, 4.69) is 21.2 Å². The van der Waals surface area contributed by atoms with Crippen LogP contribution in [0.5, 0.6) is 0 Å². The predicted molar refractivity (Wildman–Crippen MR) is 57.7 cm³/mol. The Hall–Kier alpha value is -0.810. The van der Waals surface area contributed by atoms with Gasteiger partial charge in [0, 0.05) is 17.5 Å². The second kappa shape index (κ2) is 3.35. The molecule has 1 aromatic heterocycles. The molecule has 1 aliphatic heterocycles. The highest BCUT2D eigenvalue weighted by Gasteiger charge is 2.37. The van der Waals surface area contributed by atoms with Crippen molar-refractivity contribution in [1.29, 1.82) is 0 Å². The van der Waals surface area contributed by atoms with Gasteiger partial charge in [-0.15, -0.1) is 0 Å². The topological polar surface area (TPSA) is 62.5 Å². The van der Waals surface area contributed by atoms with Gasteiger partial charge in [-0.25, -0.2) is 0 Å². The largest absolute Gasteiger partial charge is 0.480 e. The Kier molecular flexibility index (Phi) is 2.39. The van der Waals surface area contributed by atoms with Gasteiger partial charge in [0.15, 0.2) is 4.67 Å². The Morgan fingerprint density at radius 3 is 3.00 bits per heavy atom. The number of rotatable bonds is 1. The molecule has 1 aromatic rings. The molecule has 5 heteroatoms. The number of nitrogens with one attached hydrogen (secondary N) is 1. The quantitative estimate of drug-likeness (QED) is 0.820. The molecular formula is C10H12BrNO3. The highest BCUT2D eigenvalue weighted by molar-refractivity contribution is 9.10. The van der Waals surface area contributed by atoms with Crippen LogP contribution in [0.15, 0.2) is 15.2 Å². The van der Waals surface area contributed by atoms with E-state index in [4.69, 9.17) is 9.52 Å². The van der Waals surface area contributed by atoms with Crippen molar-refractivity contribution in [3.8, 4) is 0 Å². The monoisotopic (exact) mass is 273 g/mol. The zero-order chi connectivity index (χ0) is 11.2. The molecule has 0 saturated carbocycles. The predicted octanol–water partition coefficient (Wildman–Crippen LogP) is 1.88. The zero-order valence-electron chi connectivity index (χ0n) is 8.50. The number of furan rings is 1. The lowest BCUT2D eigenvalue weighted by atomic mass is 9.87. The third-order valence-electron chi connectivity index (χ3n) is 2.67. The molecule has 0 fully saturated rings. The lowest BCUT2D eigenvalue weighted by molar-refractivity contribution is -0.140. The summed E-state index contributed by atoms with van der Waals surface area (Å²) in [5.41, 5.74) is 0.651. The lowest BCUT2D eigenvalue weighted by Gasteiger charge is -2.34. The normalized spacial score (nSPS) is 23.5. The van der Waals surface area contributed by atoms with Crippen molar-refractivity contribution in [1.82, 2.24) is 5.32 Å². The minimum Gasteiger partial charge on any atom is -0.480 e. The fraction of sp³-hybridized carbons (Fsp3) is 0.500. The van der Waals surface area contributed by atoms with E-state index in [0.717, 1.165) is 11.3 Å². The highest BCUT2D eigenvalue weighted by Crippen LogP contribution is 2.34. The van der Waals surface area contributed by atoms with Crippen molar-refractivity contribution < 1.29 is 14.3 Å². The van der Waals surface area contributed by atoms with Gasteiger partial charge in [-0.2, -0.15) is 0 Å². The van der Waals surface area contributed by atoms with Gasteiger partial charge in [-0.3, -0.25) is 10.1 Å². The van der Waals surface area contributed by atoms with Crippen LogP contribution in [0.3, 0.4) is 0 Å². The number of halogens is 1. The van der Waals surface area contributed by atoms with E-state index in [1.54, 1.807) is 0 Å². The molecule has 0 spiro atoms. The van der Waals surface area contributed by atoms with Gasteiger partial charge in [0.05, 0.1) is 0 Å². The number of carboxylic acid groups (broad SMARTS) is 1. The van der Waals surface area contributed by atoms with Crippen LogP contribution < -0.4 is 5.32 Å². The average Bonchev–Trinajstić information content (AvgIpc) is 2.45. The van der Waals surface area contributed by atoms with Gasteiger partial charge >= 0.3 is 5.97 Å². The second-order valence-electron chi connectivity index (χ2n) is 4.25. The Morgan fingerprint density at radius 1 is 1.73 bits per heavy atom. The van der Waals surface area contributed by atoms with Crippen LogP contribution in [-0.4, -0.2) is 17.1 Å². The number of carboxylic acids is 1. The molecule has 0 aromatic carbocycles. The number of carbonyl (C=O) groups is 1. The van der Waals surface area contributed by atoms with Crippen LogP contribution >= 0.6 is 15.9 Å². The molecule has 2 heterocycles. The molecule has 0 saturated heterocycles. The average molecular weight is 274 g/mol. The maximum atomic E-state index is 10.9. The standard InChI is InChI=1S/C10H12BrNO3/c1-10(2)5-3-8(11)15-7(5)4-6(12-10)9(13)14/h3,6,12H,4H2,1-2H3,(H,13,14). The van der Waals surface area contributed by atoms with Crippen molar-refractivity contribution in [2.75, 3.05) is 0 Å². The molecular weight excluding hydrogens is 262 g/mol. The van der Waals surface area contributed by atoms with Crippen molar-refractivity contribution in [3.05, 3.63) is 22.1 Å². The summed E-state index contributed by atoms with van der Waals surface area (Å²) in [6.45, 7) is 3.89. The first-order valence-electron chi connectivity index (χ1n) is 4.69. The second-order valence-corrected chi connectivity index (χ2v) is 5.03. The van der Waals surface area contributed by atoms with Crippen LogP contribution in [-0.2, 0) is 16.8 Å². The van der Waals surface area contributed by atoms with E-state index in [1.165, 1.54) is 0 Å². The van der Waals surface area contributed by atoms with Gasteiger partial charge < -0.3 is 9.52 Å². The summed E-state index contributed by atoms with van der Waals surface area (Å²) in [4.78, 5) is 10.9. The summed E-state index contributed by atoms with van der Waals surface area (Å²) < 4.78 is 6.08. The summed E-state index contributed by atoms with van der Waals surface area (Å²) in [6, 6.07) is 1.31. The van der Waals surface area contributed by atoms with Gasteiger partial charge in [0.25, 0.3) is 0 Å². The lowest BCUT2D eigenvalue weighted by Crippen LogP contribution is -2.52. The summed E-state index contributed by atoms with van der Waals surface area (Å²) in [5, 5.41) is 12.1. The molecule has 1 aliphatic rings. The van der Waals surface area contributed by atoms with Crippen molar-refractivity contribution >= 4 is 21.9 Å². The van der Waals surface area contributed by atoms with Crippen molar-refractivity contribution in [2.45, 2.75) is 31.8 Å². The first-order valence-corrected chi connectivity index (χ1v) is 5.48. The van der Waals surface area contributed by atoms with Crippen LogP contribution in [0.4, 0.5) is 0 Å². The van der Waals surface area contributed by atoms with E-state index in [9.17, 15) is 4.79 Å².